The summed E-state index contributed by atoms with van der Waals surface area (Å²) in [7, 11) is 1.77. The average molecular weight is 604 g/mol. The quantitative estimate of drug-likeness (QED) is 0.152. The van der Waals surface area contributed by atoms with E-state index >= 15 is 0 Å². The molecule has 11 heteroatoms. The predicted molar refractivity (Wildman–Crippen MR) is 163 cm³/mol. The van der Waals surface area contributed by atoms with Crippen LogP contribution in [0, 0.1) is 17.3 Å². The third kappa shape index (κ3) is 9.42. The Morgan fingerprint density at radius 1 is 1.19 bits per heavy atom. The molecular weight excluding hydrogens is 554 g/mol. The number of thioether (sulfide) groups is 1. The molecule has 1 saturated heterocycles. The van der Waals surface area contributed by atoms with Crippen LogP contribution in [0.1, 0.15) is 78.2 Å². The molecule has 1 aliphatic carbocycles. The maximum absolute atomic E-state index is 13.8. The Kier molecular flexibility index (Phi) is 12.7. The van der Waals surface area contributed by atoms with Crippen LogP contribution in [-0.2, 0) is 25.6 Å². The van der Waals surface area contributed by atoms with Gasteiger partial charge in [-0.15, -0.1) is 11.8 Å². The van der Waals surface area contributed by atoms with Gasteiger partial charge in [-0.25, -0.2) is 10.0 Å². The van der Waals surface area contributed by atoms with Crippen molar-refractivity contribution in [2.45, 2.75) is 96.2 Å². The highest BCUT2D eigenvalue weighted by molar-refractivity contribution is 7.99. The fourth-order valence-electron chi connectivity index (χ4n) is 6.08. The van der Waals surface area contributed by atoms with Gasteiger partial charge < -0.3 is 15.1 Å². The zero-order valence-electron chi connectivity index (χ0n) is 25.9. The molecule has 4 amide bonds. The zero-order valence-corrected chi connectivity index (χ0v) is 26.7. The molecule has 0 aromatic carbocycles. The van der Waals surface area contributed by atoms with Gasteiger partial charge in [0.05, 0.1) is 23.9 Å². The first-order valence-corrected chi connectivity index (χ1v) is 16.2. The highest BCUT2D eigenvalue weighted by atomic mass is 32.2. The lowest BCUT2D eigenvalue weighted by molar-refractivity contribution is -0.156. The number of pyridine rings is 1. The smallest absolute Gasteiger partial charge is 0.245 e. The number of hydrogen-bond donors (Lipinski definition) is 2. The lowest BCUT2D eigenvalue weighted by atomic mass is 9.84. The van der Waals surface area contributed by atoms with E-state index < -0.39 is 17.4 Å². The fraction of sp³-hybridized carbons (Fsp3) is 0.710. The van der Waals surface area contributed by atoms with Gasteiger partial charge in [-0.3, -0.25) is 24.4 Å². The number of likely N-dealkylation sites (tertiary alicyclic amines) is 1. The Bertz CT molecular complexity index is 1070. The topological polar surface area (TPSA) is 123 Å². The summed E-state index contributed by atoms with van der Waals surface area (Å²) in [5, 5.41) is 14.3. The number of nitrogens with zero attached hydrogens (tertiary/aromatic N) is 4. The number of amides is 4. The molecular formula is C31H49N5O5S. The van der Waals surface area contributed by atoms with Crippen molar-refractivity contribution in [1.29, 1.82) is 0 Å². The van der Waals surface area contributed by atoms with Crippen LogP contribution in [0.3, 0.4) is 0 Å². The van der Waals surface area contributed by atoms with Gasteiger partial charge in [0, 0.05) is 32.4 Å². The summed E-state index contributed by atoms with van der Waals surface area (Å²) in [5.41, 5.74) is 0.382. The third-order valence-electron chi connectivity index (χ3n) is 8.58. The van der Waals surface area contributed by atoms with E-state index in [4.69, 9.17) is 0 Å². The van der Waals surface area contributed by atoms with E-state index in [2.05, 4.69) is 17.2 Å². The van der Waals surface area contributed by atoms with Crippen LogP contribution < -0.4 is 5.32 Å². The Labute approximate surface area is 254 Å². The van der Waals surface area contributed by atoms with E-state index in [1.54, 1.807) is 29.9 Å². The molecule has 2 unspecified atom stereocenters. The van der Waals surface area contributed by atoms with Crippen LogP contribution >= 0.6 is 11.8 Å². The SMILES string of the molecule is CCSc1ncccc1CC(=O)N1CCC(N(C)C(=O)C(NC(=O)C(CC2CCCC2)CN(O)C=O)C(C)(C)C)CC1. The lowest BCUT2D eigenvalue weighted by Gasteiger charge is -2.40. The van der Waals surface area contributed by atoms with Crippen molar-refractivity contribution in [3.05, 3.63) is 23.9 Å². The van der Waals surface area contributed by atoms with Crippen molar-refractivity contribution >= 4 is 35.9 Å². The number of aromatic nitrogens is 1. The largest absolute Gasteiger partial charge is 0.344 e. The van der Waals surface area contributed by atoms with E-state index in [0.717, 1.165) is 42.0 Å². The van der Waals surface area contributed by atoms with Crippen LogP contribution in [-0.4, -0.2) is 93.7 Å². The normalized spacial score (nSPS) is 17.9. The lowest BCUT2D eigenvalue weighted by Crippen LogP contribution is -2.58. The molecule has 3 rings (SSSR count). The number of carbonyl (C=O) groups is 4. The minimum Gasteiger partial charge on any atom is -0.344 e. The number of likely N-dealkylation sites (N-methyl/N-ethyl adjacent to an activating group) is 1. The third-order valence-corrected chi connectivity index (χ3v) is 9.51. The van der Waals surface area contributed by atoms with Crippen LogP contribution in [0.4, 0.5) is 0 Å². The van der Waals surface area contributed by atoms with Crippen molar-refractivity contribution < 1.29 is 24.4 Å². The Balaban J connectivity index is 1.61. The molecule has 0 spiro atoms. The van der Waals surface area contributed by atoms with Gasteiger partial charge in [0.2, 0.25) is 24.1 Å². The molecule has 2 heterocycles. The molecule has 1 aromatic heterocycles. The molecule has 1 saturated carbocycles. The number of rotatable bonds is 13. The van der Waals surface area contributed by atoms with Gasteiger partial charge in [0.25, 0.3) is 0 Å². The van der Waals surface area contributed by atoms with Crippen molar-refractivity contribution in [1.82, 2.24) is 25.2 Å². The van der Waals surface area contributed by atoms with Gasteiger partial charge in [0.15, 0.2) is 0 Å². The minimum absolute atomic E-state index is 0.0508. The van der Waals surface area contributed by atoms with Crippen molar-refractivity contribution in [2.75, 3.05) is 32.4 Å². The molecule has 2 fully saturated rings. The molecule has 2 aliphatic rings. The van der Waals surface area contributed by atoms with Crippen molar-refractivity contribution in [3.63, 3.8) is 0 Å². The zero-order chi connectivity index (χ0) is 30.9. The number of hydrogen-bond acceptors (Lipinski definition) is 7. The standard InChI is InChI=1S/C31H49N5O5S/c1-6-42-29-23(12-9-15-32-29)19-26(38)35-16-13-25(14-17-35)34(5)30(40)27(31(2,3)4)33-28(39)24(20-36(41)21-37)18-22-10-7-8-11-22/h9,12,15,21-22,24-25,27,41H,6-8,10-11,13-14,16-20H2,1-5H3,(H,33,39). The van der Waals surface area contributed by atoms with E-state index in [-0.39, 0.29) is 30.3 Å². The highest BCUT2D eigenvalue weighted by Gasteiger charge is 2.39. The van der Waals surface area contributed by atoms with Gasteiger partial charge in [-0.05, 0) is 48.0 Å². The molecule has 2 atom stereocenters. The van der Waals surface area contributed by atoms with E-state index in [9.17, 15) is 24.4 Å². The fourth-order valence-corrected chi connectivity index (χ4v) is 6.81. The van der Waals surface area contributed by atoms with Crippen LogP contribution in [0.5, 0.6) is 0 Å². The molecule has 42 heavy (non-hydrogen) atoms. The second kappa shape index (κ2) is 15.7. The first-order chi connectivity index (χ1) is 19.9. The summed E-state index contributed by atoms with van der Waals surface area (Å²) in [6.07, 6.45) is 8.56. The maximum Gasteiger partial charge on any atom is 0.245 e. The summed E-state index contributed by atoms with van der Waals surface area (Å²) in [6, 6.07) is 2.99. The molecule has 234 valence electrons. The molecule has 2 N–H and O–H groups in total. The Morgan fingerprint density at radius 3 is 2.45 bits per heavy atom. The van der Waals surface area contributed by atoms with E-state index in [0.29, 0.717) is 56.2 Å². The molecule has 0 bridgehead atoms. The first kappa shape index (κ1) is 33.8. The number of hydroxylamine groups is 2. The predicted octanol–water partition coefficient (Wildman–Crippen LogP) is 3.76. The summed E-state index contributed by atoms with van der Waals surface area (Å²) in [5.74, 6) is 0.232. The van der Waals surface area contributed by atoms with Gasteiger partial charge in [-0.1, -0.05) is 59.4 Å². The summed E-state index contributed by atoms with van der Waals surface area (Å²) in [4.78, 5) is 59.5. The van der Waals surface area contributed by atoms with Gasteiger partial charge in [-0.2, -0.15) is 0 Å². The summed E-state index contributed by atoms with van der Waals surface area (Å²) < 4.78 is 0. The Morgan fingerprint density at radius 2 is 1.86 bits per heavy atom. The van der Waals surface area contributed by atoms with Gasteiger partial charge in [0.1, 0.15) is 6.04 Å². The van der Waals surface area contributed by atoms with Crippen LogP contribution in [0.25, 0.3) is 0 Å². The highest BCUT2D eigenvalue weighted by Crippen LogP contribution is 2.31. The molecule has 1 aliphatic heterocycles. The monoisotopic (exact) mass is 603 g/mol. The van der Waals surface area contributed by atoms with E-state index in [1.807, 2.05) is 37.8 Å². The first-order valence-electron chi connectivity index (χ1n) is 15.3. The Hall–Kier alpha value is -2.66. The van der Waals surface area contributed by atoms with Crippen molar-refractivity contribution in [2.24, 2.45) is 17.3 Å². The second-order valence-electron chi connectivity index (χ2n) is 12.8. The number of nitrogens with one attached hydrogen (secondary N) is 1. The molecule has 1 aromatic rings. The minimum atomic E-state index is -0.774. The van der Waals surface area contributed by atoms with Crippen LogP contribution in [0.2, 0.25) is 0 Å². The summed E-state index contributed by atoms with van der Waals surface area (Å²) >= 11 is 1.63. The van der Waals surface area contributed by atoms with Crippen molar-refractivity contribution in [3.8, 4) is 0 Å². The molecule has 0 radical (unpaired) electrons. The molecule has 10 nitrogen and oxygen atoms in total. The van der Waals surface area contributed by atoms with Gasteiger partial charge >= 0.3 is 0 Å². The van der Waals surface area contributed by atoms with E-state index in [1.165, 1.54) is 0 Å². The van der Waals surface area contributed by atoms with Crippen LogP contribution in [0.15, 0.2) is 23.4 Å². The number of piperidine rings is 1. The second-order valence-corrected chi connectivity index (χ2v) is 14.0. The summed E-state index contributed by atoms with van der Waals surface area (Å²) in [6.45, 7) is 8.85. The average Bonchev–Trinajstić information content (AvgIpc) is 3.48. The number of carbonyl (C=O) groups excluding carboxylic acids is 4. The maximum atomic E-state index is 13.8.